The minimum Gasteiger partial charge on any atom is -0.353 e. The third-order valence-corrected chi connectivity index (χ3v) is 6.41. The van der Waals surface area contributed by atoms with Crippen LogP contribution in [0.2, 0.25) is 0 Å². The first-order chi connectivity index (χ1) is 15.0. The van der Waals surface area contributed by atoms with Crippen LogP contribution < -0.4 is 16.0 Å². The van der Waals surface area contributed by atoms with Crippen LogP contribution in [0, 0.1) is 22.7 Å². The van der Waals surface area contributed by atoms with Gasteiger partial charge in [0.05, 0.1) is 17.3 Å². The molecule has 7 nitrogen and oxygen atoms in total. The normalized spacial score (nSPS) is 18.2. The summed E-state index contributed by atoms with van der Waals surface area (Å²) in [5.41, 5.74) is 9.15. The van der Waals surface area contributed by atoms with Crippen LogP contribution in [0.3, 0.4) is 0 Å². The Bertz CT molecular complexity index is 1030. The number of nitrogens with one attached hydrogen (secondary N) is 1. The van der Waals surface area contributed by atoms with Crippen LogP contribution in [-0.2, 0) is 17.0 Å². The fraction of sp³-hybridized carbons (Fsp3) is 0.391. The Kier molecular flexibility index (Phi) is 7.51. The zero-order valence-corrected chi connectivity index (χ0v) is 18.6. The molecule has 0 bridgehead atoms. The first-order valence-electron chi connectivity index (χ1n) is 10.3. The van der Waals surface area contributed by atoms with Crippen molar-refractivity contribution in [3.05, 3.63) is 52.6 Å². The number of anilines is 1. The maximum absolute atomic E-state index is 11.4. The van der Waals surface area contributed by atoms with E-state index in [2.05, 4.69) is 17.5 Å². The van der Waals surface area contributed by atoms with Crippen LogP contribution in [0.1, 0.15) is 48.9 Å². The Hall–Kier alpha value is -3.07. The molecular weight excluding hydrogens is 408 g/mol. The van der Waals surface area contributed by atoms with Gasteiger partial charge in [0.25, 0.3) is 0 Å². The van der Waals surface area contributed by atoms with E-state index in [1.165, 1.54) is 18.7 Å². The van der Waals surface area contributed by atoms with Gasteiger partial charge in [0, 0.05) is 31.7 Å². The standard InChI is InChI=1S/C23H26N6OS/c1-3-18-19(12-24)22(29-10-9-17(11-21(29)26)27-15(2)30)28-23(20(18)13-25)31-14-16-7-5-4-6-8-16/h4-8,17,21H,3,9-11,14,26H2,1-2H3,(H,27,30). The molecular formula is C23H26N6OS. The fourth-order valence-electron chi connectivity index (χ4n) is 3.90. The summed E-state index contributed by atoms with van der Waals surface area (Å²) in [6, 6.07) is 14.5. The second-order valence-corrected chi connectivity index (χ2v) is 8.47. The van der Waals surface area contributed by atoms with E-state index >= 15 is 0 Å². The molecule has 2 heterocycles. The van der Waals surface area contributed by atoms with Crippen molar-refractivity contribution in [3.63, 3.8) is 0 Å². The Morgan fingerprint density at radius 1 is 1.29 bits per heavy atom. The molecule has 0 spiro atoms. The van der Waals surface area contributed by atoms with Gasteiger partial charge in [-0.1, -0.05) is 37.3 Å². The van der Waals surface area contributed by atoms with Gasteiger partial charge < -0.3 is 16.0 Å². The average molecular weight is 435 g/mol. The summed E-state index contributed by atoms with van der Waals surface area (Å²) in [6.07, 6.45) is 1.46. The molecule has 0 aliphatic carbocycles. The molecule has 1 amide bonds. The molecule has 1 fully saturated rings. The summed E-state index contributed by atoms with van der Waals surface area (Å²) in [5, 5.41) is 23.3. The third kappa shape index (κ3) is 5.16. The predicted molar refractivity (Wildman–Crippen MR) is 121 cm³/mol. The van der Waals surface area contributed by atoms with Crippen molar-refractivity contribution < 1.29 is 4.79 Å². The lowest BCUT2D eigenvalue weighted by molar-refractivity contribution is -0.119. The number of benzene rings is 1. The predicted octanol–water partition coefficient (Wildman–Crippen LogP) is 3.07. The Labute approximate surface area is 187 Å². The van der Waals surface area contributed by atoms with E-state index in [4.69, 9.17) is 10.7 Å². The zero-order valence-electron chi connectivity index (χ0n) is 17.8. The zero-order chi connectivity index (χ0) is 22.4. The molecule has 2 atom stereocenters. The van der Waals surface area contributed by atoms with Crippen LogP contribution in [-0.4, -0.2) is 29.6 Å². The number of thioether (sulfide) groups is 1. The summed E-state index contributed by atoms with van der Waals surface area (Å²) in [5.74, 6) is 1.13. The number of hydrogen-bond donors (Lipinski definition) is 2. The third-order valence-electron chi connectivity index (χ3n) is 5.37. The maximum atomic E-state index is 11.4. The summed E-state index contributed by atoms with van der Waals surface area (Å²) < 4.78 is 0. The molecule has 8 heteroatoms. The first kappa shape index (κ1) is 22.6. The van der Waals surface area contributed by atoms with Crippen molar-refractivity contribution in [2.24, 2.45) is 5.73 Å². The van der Waals surface area contributed by atoms with Gasteiger partial charge in [0.1, 0.15) is 23.0 Å². The van der Waals surface area contributed by atoms with Gasteiger partial charge in [-0.25, -0.2) is 4.98 Å². The molecule has 3 rings (SSSR count). The monoisotopic (exact) mass is 434 g/mol. The number of amides is 1. The van der Waals surface area contributed by atoms with E-state index in [0.29, 0.717) is 59.1 Å². The number of nitriles is 2. The summed E-state index contributed by atoms with van der Waals surface area (Å²) >= 11 is 1.49. The van der Waals surface area contributed by atoms with Crippen molar-refractivity contribution in [1.29, 1.82) is 10.5 Å². The molecule has 160 valence electrons. The molecule has 2 unspecified atom stereocenters. The SMILES string of the molecule is CCc1c(C#N)c(SCc2ccccc2)nc(N2CCC(NC(C)=O)CC2N)c1C#N. The quantitative estimate of drug-likeness (QED) is 0.671. The Balaban J connectivity index is 1.97. The number of carbonyl (C=O) groups is 1. The molecule has 1 aromatic heterocycles. The second kappa shape index (κ2) is 10.3. The molecule has 2 aromatic rings. The summed E-state index contributed by atoms with van der Waals surface area (Å²) in [4.78, 5) is 18.1. The lowest BCUT2D eigenvalue weighted by Crippen LogP contribution is -2.54. The fourth-order valence-corrected chi connectivity index (χ4v) is 4.86. The van der Waals surface area contributed by atoms with Crippen LogP contribution in [0.4, 0.5) is 5.82 Å². The van der Waals surface area contributed by atoms with Crippen LogP contribution in [0.25, 0.3) is 0 Å². The van der Waals surface area contributed by atoms with E-state index in [0.717, 1.165) is 5.56 Å². The highest BCUT2D eigenvalue weighted by Gasteiger charge is 2.31. The Morgan fingerprint density at radius 2 is 2.00 bits per heavy atom. The highest BCUT2D eigenvalue weighted by Crippen LogP contribution is 2.35. The molecule has 1 aliphatic rings. The topological polar surface area (TPSA) is 119 Å². The lowest BCUT2D eigenvalue weighted by atomic mass is 9.98. The molecule has 0 radical (unpaired) electrons. The minimum absolute atomic E-state index is 0.00485. The van der Waals surface area contributed by atoms with Crippen molar-refractivity contribution in [3.8, 4) is 12.1 Å². The van der Waals surface area contributed by atoms with Crippen LogP contribution in [0.5, 0.6) is 0 Å². The second-order valence-electron chi connectivity index (χ2n) is 7.50. The number of nitrogens with zero attached hydrogens (tertiary/aromatic N) is 4. The van der Waals surface area contributed by atoms with Gasteiger partial charge in [-0.2, -0.15) is 10.5 Å². The Morgan fingerprint density at radius 3 is 2.58 bits per heavy atom. The number of nitrogens with two attached hydrogens (primary N) is 1. The number of rotatable bonds is 6. The highest BCUT2D eigenvalue weighted by atomic mass is 32.2. The van der Waals surface area contributed by atoms with E-state index in [9.17, 15) is 15.3 Å². The van der Waals surface area contributed by atoms with E-state index in [1.807, 2.05) is 42.2 Å². The van der Waals surface area contributed by atoms with Gasteiger partial charge in [-0.3, -0.25) is 4.79 Å². The number of carbonyl (C=O) groups excluding carboxylic acids is 1. The smallest absolute Gasteiger partial charge is 0.217 e. The lowest BCUT2D eigenvalue weighted by Gasteiger charge is -2.39. The number of aromatic nitrogens is 1. The van der Waals surface area contributed by atoms with Crippen LogP contribution in [0.15, 0.2) is 35.4 Å². The van der Waals surface area contributed by atoms with Crippen molar-refractivity contribution >= 4 is 23.5 Å². The van der Waals surface area contributed by atoms with Crippen molar-refractivity contribution in [1.82, 2.24) is 10.3 Å². The number of hydrogen-bond acceptors (Lipinski definition) is 7. The van der Waals surface area contributed by atoms with E-state index in [1.54, 1.807) is 0 Å². The summed E-state index contributed by atoms with van der Waals surface area (Å²) in [6.45, 7) is 4.01. The highest BCUT2D eigenvalue weighted by molar-refractivity contribution is 7.98. The van der Waals surface area contributed by atoms with Gasteiger partial charge in [0.2, 0.25) is 5.91 Å². The average Bonchev–Trinajstić information content (AvgIpc) is 2.77. The summed E-state index contributed by atoms with van der Waals surface area (Å²) in [7, 11) is 0. The largest absolute Gasteiger partial charge is 0.353 e. The number of pyridine rings is 1. The van der Waals surface area contributed by atoms with E-state index < -0.39 is 0 Å². The first-order valence-corrected chi connectivity index (χ1v) is 11.3. The van der Waals surface area contributed by atoms with Crippen LogP contribution >= 0.6 is 11.8 Å². The molecule has 0 saturated carbocycles. The molecule has 1 saturated heterocycles. The van der Waals surface area contributed by atoms with Crippen molar-refractivity contribution in [2.75, 3.05) is 11.4 Å². The van der Waals surface area contributed by atoms with Gasteiger partial charge in [-0.15, -0.1) is 11.8 Å². The van der Waals surface area contributed by atoms with Gasteiger partial charge >= 0.3 is 0 Å². The molecule has 31 heavy (non-hydrogen) atoms. The van der Waals surface area contributed by atoms with E-state index in [-0.39, 0.29) is 18.1 Å². The van der Waals surface area contributed by atoms with Crippen molar-refractivity contribution in [2.45, 2.75) is 56.1 Å². The van der Waals surface area contributed by atoms with Gasteiger partial charge in [-0.05, 0) is 24.0 Å². The minimum atomic E-state index is -0.380. The molecule has 1 aliphatic heterocycles. The van der Waals surface area contributed by atoms with Gasteiger partial charge in [0.15, 0.2) is 0 Å². The number of piperidine rings is 1. The molecule has 1 aromatic carbocycles. The molecule has 3 N–H and O–H groups in total. The maximum Gasteiger partial charge on any atom is 0.217 e.